The van der Waals surface area contributed by atoms with E-state index in [2.05, 4.69) is 0 Å². The van der Waals surface area contributed by atoms with Gasteiger partial charge < -0.3 is 9.11 Å². The summed E-state index contributed by atoms with van der Waals surface area (Å²) >= 11 is 0. The van der Waals surface area contributed by atoms with Crippen molar-refractivity contribution in [1.82, 2.24) is 0 Å². The number of benzene rings is 3. The van der Waals surface area contributed by atoms with Crippen molar-refractivity contribution in [3.8, 4) is 0 Å². The number of rotatable bonds is 7. The van der Waals surface area contributed by atoms with Gasteiger partial charge in [-0.25, -0.2) is 16.8 Å². The van der Waals surface area contributed by atoms with Gasteiger partial charge in [-0.05, 0) is 29.2 Å². The average molecular weight is 565 g/mol. The Morgan fingerprint density at radius 1 is 0.658 bits per heavy atom. The molecule has 0 saturated carbocycles. The van der Waals surface area contributed by atoms with Crippen molar-refractivity contribution >= 4 is 38.0 Å². The van der Waals surface area contributed by atoms with Crippen LogP contribution in [-0.2, 0) is 20.2 Å². The van der Waals surface area contributed by atoms with Crippen molar-refractivity contribution in [3.05, 3.63) is 131 Å². The molecule has 3 aromatic carbocycles. The smallest absolute Gasteiger partial charge is 0.744 e. The zero-order valence-electron chi connectivity index (χ0n) is 21.0. The molecule has 1 aliphatic carbocycles. The minimum Gasteiger partial charge on any atom is -0.744 e. The Bertz CT molecular complexity index is 1540. The van der Waals surface area contributed by atoms with Crippen LogP contribution in [0.4, 0.5) is 0 Å². The Hall–Kier alpha value is -1.56. The van der Waals surface area contributed by atoms with E-state index in [1.165, 1.54) is 24.3 Å². The van der Waals surface area contributed by atoms with E-state index in [1.807, 2.05) is 72.8 Å². The first kappa shape index (κ1) is 32.7. The zero-order chi connectivity index (χ0) is 25.8. The van der Waals surface area contributed by atoms with Crippen LogP contribution in [0.25, 0.3) is 17.7 Å². The summed E-state index contributed by atoms with van der Waals surface area (Å²) in [6, 6.07) is 24.0. The molecule has 10 heteroatoms. The summed E-state index contributed by atoms with van der Waals surface area (Å²) in [5.74, 6) is 0. The molecule has 0 radical (unpaired) electrons. The van der Waals surface area contributed by atoms with Gasteiger partial charge in [0.25, 0.3) is 0 Å². The molecule has 0 bridgehead atoms. The van der Waals surface area contributed by atoms with Crippen molar-refractivity contribution in [2.24, 2.45) is 5.41 Å². The van der Waals surface area contributed by atoms with Crippen molar-refractivity contribution in [2.45, 2.75) is 11.3 Å². The molecule has 0 N–H and O–H groups in total. The third kappa shape index (κ3) is 8.22. The predicted octanol–water partition coefficient (Wildman–Crippen LogP) is -0.772. The molecule has 0 saturated heterocycles. The third-order valence-electron chi connectivity index (χ3n) is 5.85. The molecule has 38 heavy (non-hydrogen) atoms. The molecule has 0 amide bonds. The maximum Gasteiger partial charge on any atom is 1.00 e. The fourth-order valence-electron chi connectivity index (χ4n) is 4.05. The van der Waals surface area contributed by atoms with Gasteiger partial charge >= 0.3 is 59.1 Å². The predicted molar refractivity (Wildman–Crippen MR) is 138 cm³/mol. The minimum atomic E-state index is -5.01. The Labute approximate surface area is 268 Å². The molecule has 6 nitrogen and oxygen atoms in total. The number of hydrogen-bond donors (Lipinski definition) is 0. The van der Waals surface area contributed by atoms with Crippen LogP contribution in [0, 0.1) is 5.41 Å². The summed E-state index contributed by atoms with van der Waals surface area (Å²) in [5.41, 5.74) is 0.528. The zero-order valence-corrected chi connectivity index (χ0v) is 26.7. The van der Waals surface area contributed by atoms with Crippen molar-refractivity contribution < 1.29 is 85.1 Å². The van der Waals surface area contributed by atoms with E-state index in [4.69, 9.17) is 0 Å². The summed E-state index contributed by atoms with van der Waals surface area (Å²) in [5, 5.41) is 0. The van der Waals surface area contributed by atoms with E-state index in [0.29, 0.717) is 0 Å². The molecule has 0 aliphatic heterocycles. The van der Waals surface area contributed by atoms with Crippen LogP contribution < -0.4 is 59.1 Å². The van der Waals surface area contributed by atoms with Crippen LogP contribution in [0.2, 0.25) is 0 Å². The molecule has 184 valence electrons. The first-order chi connectivity index (χ1) is 17.1. The second-order valence-corrected chi connectivity index (χ2v) is 11.1. The van der Waals surface area contributed by atoms with Crippen LogP contribution in [0.15, 0.2) is 119 Å². The second kappa shape index (κ2) is 13.7. The SMILES string of the molecule is O=S(=O)([O-])C1=C(c2ccccc2S(=O)(=O)[O-])C=CC(C=Cc2ccccc2)(C=Cc2ccccc2)C1.[Na+].[Na+]. The maximum atomic E-state index is 12.4. The Balaban J connectivity index is 0.00000253. The summed E-state index contributed by atoms with van der Waals surface area (Å²) in [7, 11) is -9.92. The van der Waals surface area contributed by atoms with Crippen LogP contribution in [0.1, 0.15) is 23.1 Å². The van der Waals surface area contributed by atoms with Crippen molar-refractivity contribution in [3.63, 3.8) is 0 Å². The van der Waals surface area contributed by atoms with Gasteiger partial charge in [0.2, 0.25) is 0 Å². The van der Waals surface area contributed by atoms with E-state index in [1.54, 1.807) is 18.2 Å². The van der Waals surface area contributed by atoms with Gasteiger partial charge in [-0.3, -0.25) is 0 Å². The molecule has 0 atom stereocenters. The molecular weight excluding hydrogens is 542 g/mol. The molecule has 0 unspecified atom stereocenters. The Morgan fingerprint density at radius 2 is 1.13 bits per heavy atom. The summed E-state index contributed by atoms with van der Waals surface area (Å²) < 4.78 is 72.9. The first-order valence-electron chi connectivity index (χ1n) is 11.0. The van der Waals surface area contributed by atoms with Crippen LogP contribution in [-0.4, -0.2) is 25.9 Å². The van der Waals surface area contributed by atoms with Gasteiger partial charge in [-0.1, -0.05) is 115 Å². The Morgan fingerprint density at radius 3 is 1.61 bits per heavy atom. The van der Waals surface area contributed by atoms with E-state index >= 15 is 0 Å². The van der Waals surface area contributed by atoms with Crippen LogP contribution in [0.3, 0.4) is 0 Å². The molecule has 3 aromatic rings. The number of allylic oxidation sites excluding steroid dienone is 6. The third-order valence-corrected chi connectivity index (χ3v) is 7.71. The normalized spacial score (nSPS) is 17.8. The standard InChI is InChI=1S/C28H24O6S2.2Na/c29-35(30,31)26-14-8-7-13-24(26)25-17-20-28(21-27(25)36(32,33)34,18-15-22-9-3-1-4-10-22)19-16-23-11-5-2-6-12-23;;/h1-20H,21H2,(H,29,30,31)(H,32,33,34);;/q;2*+1/p-2. The van der Waals surface area contributed by atoms with E-state index < -0.39 is 35.5 Å². The average Bonchev–Trinajstić information content (AvgIpc) is 2.87. The topological polar surface area (TPSA) is 114 Å². The molecule has 0 fully saturated rings. The fourth-order valence-corrected chi connectivity index (χ4v) is 5.62. The van der Waals surface area contributed by atoms with Gasteiger partial charge in [0.1, 0.15) is 20.2 Å². The molecule has 1 aliphatic rings. The molecule has 0 aromatic heterocycles. The monoisotopic (exact) mass is 564 g/mol. The molecule has 0 spiro atoms. The summed E-state index contributed by atoms with van der Waals surface area (Å²) in [6.07, 6.45) is 10.1. The first-order valence-corrected chi connectivity index (χ1v) is 13.8. The maximum absolute atomic E-state index is 12.4. The second-order valence-electron chi connectivity index (χ2n) is 8.35. The molecule has 4 rings (SSSR count). The van der Waals surface area contributed by atoms with E-state index in [-0.39, 0.29) is 76.7 Å². The van der Waals surface area contributed by atoms with Gasteiger partial charge in [-0.15, -0.1) is 0 Å². The number of hydrogen-bond acceptors (Lipinski definition) is 6. The van der Waals surface area contributed by atoms with Crippen LogP contribution >= 0.6 is 0 Å². The fraction of sp³-hybridized carbons (Fsp3) is 0.0714. The summed E-state index contributed by atoms with van der Waals surface area (Å²) in [6.45, 7) is 0. The van der Waals surface area contributed by atoms with Gasteiger partial charge in [0.05, 0.1) is 4.90 Å². The van der Waals surface area contributed by atoms with Gasteiger partial charge in [0, 0.05) is 15.9 Å². The quantitative estimate of drug-likeness (QED) is 0.275. The minimum absolute atomic E-state index is 0. The summed E-state index contributed by atoms with van der Waals surface area (Å²) in [4.78, 5) is -1.07. The molecule has 0 heterocycles. The van der Waals surface area contributed by atoms with E-state index in [9.17, 15) is 25.9 Å². The van der Waals surface area contributed by atoms with Crippen molar-refractivity contribution in [2.75, 3.05) is 0 Å². The molecular formula is C28H22Na2O6S2. The Kier molecular flexibility index (Phi) is 11.8. The van der Waals surface area contributed by atoms with Crippen LogP contribution in [0.5, 0.6) is 0 Å². The van der Waals surface area contributed by atoms with Gasteiger partial charge in [0.15, 0.2) is 0 Å². The van der Waals surface area contributed by atoms with Gasteiger partial charge in [-0.2, -0.15) is 0 Å². The van der Waals surface area contributed by atoms with Crippen molar-refractivity contribution in [1.29, 1.82) is 0 Å². The van der Waals surface area contributed by atoms with E-state index in [0.717, 1.165) is 17.2 Å². The largest absolute Gasteiger partial charge is 1.00 e.